The fraction of sp³-hybridized carbons (Fsp3) is 0.600. The van der Waals surface area contributed by atoms with Crippen molar-refractivity contribution in [3.05, 3.63) is 18.7 Å². The van der Waals surface area contributed by atoms with E-state index in [4.69, 9.17) is 0 Å². The minimum Gasteiger partial charge on any atom is -0.550 e. The largest absolute Gasteiger partial charge is 0.550 e. The first-order chi connectivity index (χ1) is 7.10. The molecule has 0 aromatic carbocycles. The summed E-state index contributed by atoms with van der Waals surface area (Å²) < 4.78 is 4.16. The Morgan fingerprint density at radius 3 is 2.47 bits per heavy atom. The fourth-order valence-corrected chi connectivity index (χ4v) is 1.24. The Labute approximate surface area is 94.9 Å². The molecule has 15 heavy (non-hydrogen) atoms. The third kappa shape index (κ3) is 8.05. The number of carbonyl (C=O) groups is 1. The number of imidazole rings is 1. The molecule has 5 heteroatoms. The van der Waals surface area contributed by atoms with Gasteiger partial charge in [0.15, 0.2) is 0 Å². The molecular weight excluding hydrogens is 212 g/mol. The molecule has 0 atom stereocenters. The summed E-state index contributed by atoms with van der Waals surface area (Å²) in [4.78, 5) is 9.63. The Morgan fingerprint density at radius 1 is 1.60 bits per heavy atom. The zero-order valence-corrected chi connectivity index (χ0v) is 10.3. The van der Waals surface area contributed by atoms with Gasteiger partial charge in [0, 0.05) is 5.97 Å². The van der Waals surface area contributed by atoms with E-state index in [0.717, 1.165) is 6.54 Å². The van der Waals surface area contributed by atoms with Gasteiger partial charge in [0.25, 0.3) is 0 Å². The smallest absolute Gasteiger partial charge is 0.243 e. The van der Waals surface area contributed by atoms with Crippen LogP contribution in [0.25, 0.3) is 0 Å². The second-order valence-electron chi connectivity index (χ2n) is 3.02. The van der Waals surface area contributed by atoms with E-state index in [0.29, 0.717) is 5.75 Å². The van der Waals surface area contributed by atoms with E-state index in [1.54, 1.807) is 0 Å². The van der Waals surface area contributed by atoms with E-state index < -0.39 is 5.97 Å². The zero-order chi connectivity index (χ0) is 11.7. The number of aryl methyl sites for hydroxylation is 2. The lowest BCUT2D eigenvalue weighted by Crippen LogP contribution is -2.23. The molecule has 4 nitrogen and oxygen atoms in total. The summed E-state index contributed by atoms with van der Waals surface area (Å²) in [6.45, 7) is 3.18. The molecular formula is C10H18N2O2S. The van der Waals surface area contributed by atoms with Crippen LogP contribution in [0.5, 0.6) is 0 Å². The summed E-state index contributed by atoms with van der Waals surface area (Å²) in [5.41, 5.74) is 0. The second-order valence-corrected chi connectivity index (χ2v) is 4.01. The van der Waals surface area contributed by atoms with Gasteiger partial charge in [-0.3, -0.25) is 0 Å². The van der Waals surface area contributed by atoms with Crippen molar-refractivity contribution in [1.82, 2.24) is 4.57 Å². The van der Waals surface area contributed by atoms with Crippen molar-refractivity contribution in [2.24, 2.45) is 7.05 Å². The molecule has 0 aliphatic carbocycles. The van der Waals surface area contributed by atoms with E-state index in [2.05, 4.69) is 24.0 Å². The number of hydrogen-bond acceptors (Lipinski definition) is 3. The van der Waals surface area contributed by atoms with Crippen LogP contribution in [0.4, 0.5) is 0 Å². The number of carboxylic acid groups (broad SMARTS) is 1. The number of nitrogens with zero attached hydrogens (tertiary/aromatic N) is 2. The van der Waals surface area contributed by atoms with Crippen LogP contribution in [0.3, 0.4) is 0 Å². The lowest BCUT2D eigenvalue weighted by Gasteiger charge is -1.95. The van der Waals surface area contributed by atoms with Crippen molar-refractivity contribution in [1.29, 1.82) is 0 Å². The molecule has 0 aliphatic rings. The molecule has 0 radical (unpaired) electrons. The summed E-state index contributed by atoms with van der Waals surface area (Å²) >= 11 is 1.51. The van der Waals surface area contributed by atoms with Gasteiger partial charge < -0.3 is 9.90 Å². The number of rotatable bonds is 4. The molecule has 0 N–H and O–H groups in total. The molecule has 86 valence electrons. The van der Waals surface area contributed by atoms with Gasteiger partial charge in [0.1, 0.15) is 12.4 Å². The first-order valence-corrected chi connectivity index (χ1v) is 6.19. The second kappa shape index (κ2) is 8.35. The molecule has 0 saturated carbocycles. The molecule has 1 rings (SSSR count). The molecule has 0 aliphatic heterocycles. The monoisotopic (exact) mass is 230 g/mol. The van der Waals surface area contributed by atoms with Crippen LogP contribution in [-0.2, 0) is 18.4 Å². The average molecular weight is 230 g/mol. The van der Waals surface area contributed by atoms with E-state index in [-0.39, 0.29) is 6.42 Å². The summed E-state index contributed by atoms with van der Waals surface area (Å²) in [6.07, 6.45) is 8.17. The highest BCUT2D eigenvalue weighted by atomic mass is 32.2. The van der Waals surface area contributed by atoms with Crippen LogP contribution < -0.4 is 9.67 Å². The zero-order valence-electron chi connectivity index (χ0n) is 9.47. The lowest BCUT2D eigenvalue weighted by atomic mass is 10.5. The van der Waals surface area contributed by atoms with Gasteiger partial charge in [0.05, 0.1) is 13.6 Å². The number of carbonyl (C=O) groups excluding carboxylic acids is 1. The molecule has 0 spiro atoms. The third-order valence-electron chi connectivity index (χ3n) is 1.70. The molecule has 1 aromatic heterocycles. The summed E-state index contributed by atoms with van der Waals surface area (Å²) in [7, 11) is 2.02. The molecule has 0 unspecified atom stereocenters. The van der Waals surface area contributed by atoms with Crippen molar-refractivity contribution >= 4 is 17.7 Å². The van der Waals surface area contributed by atoms with Crippen LogP contribution in [0.2, 0.25) is 0 Å². The van der Waals surface area contributed by atoms with Crippen LogP contribution in [0.1, 0.15) is 13.3 Å². The summed E-state index contributed by atoms with van der Waals surface area (Å²) in [6, 6.07) is 0. The summed E-state index contributed by atoms with van der Waals surface area (Å²) in [5, 5.41) is 9.63. The number of thioether (sulfide) groups is 1. The van der Waals surface area contributed by atoms with Crippen molar-refractivity contribution in [3.8, 4) is 0 Å². The van der Waals surface area contributed by atoms with Crippen LogP contribution in [0, 0.1) is 0 Å². The van der Waals surface area contributed by atoms with Crippen molar-refractivity contribution in [2.45, 2.75) is 19.9 Å². The standard InChI is InChI=1S/C6H11N2.C4H8O2S/c1-3-8-5-4-7(2)6-8;1-7-3-2-4(5)6/h4-6H,3H2,1-2H3;2-3H2,1H3,(H,5,6)/q+1;/p-1. The van der Waals surface area contributed by atoms with Crippen molar-refractivity contribution in [3.63, 3.8) is 0 Å². The van der Waals surface area contributed by atoms with Gasteiger partial charge in [-0.05, 0) is 25.4 Å². The van der Waals surface area contributed by atoms with E-state index in [1.165, 1.54) is 11.8 Å². The molecule has 1 aromatic rings. The van der Waals surface area contributed by atoms with Crippen LogP contribution >= 0.6 is 11.8 Å². The predicted octanol–water partition coefficient (Wildman–Crippen LogP) is -0.178. The normalized spacial score (nSPS) is 9.27. The number of aliphatic carboxylic acids is 1. The van der Waals surface area contributed by atoms with Gasteiger partial charge in [-0.25, -0.2) is 9.13 Å². The highest BCUT2D eigenvalue weighted by Gasteiger charge is 1.92. The van der Waals surface area contributed by atoms with Crippen LogP contribution in [-0.4, -0.2) is 22.5 Å². The molecule has 0 fully saturated rings. The van der Waals surface area contributed by atoms with E-state index in [9.17, 15) is 9.90 Å². The molecule has 1 heterocycles. The quantitative estimate of drug-likeness (QED) is 0.674. The van der Waals surface area contributed by atoms with E-state index in [1.807, 2.05) is 24.1 Å². The minimum absolute atomic E-state index is 0.168. The Kier molecular flexibility index (Phi) is 7.81. The van der Waals surface area contributed by atoms with Crippen molar-refractivity contribution in [2.75, 3.05) is 12.0 Å². The van der Waals surface area contributed by atoms with Crippen molar-refractivity contribution < 1.29 is 14.5 Å². The predicted molar refractivity (Wildman–Crippen MR) is 59.3 cm³/mol. The van der Waals surface area contributed by atoms with Crippen LogP contribution in [0.15, 0.2) is 18.7 Å². The van der Waals surface area contributed by atoms with E-state index >= 15 is 0 Å². The van der Waals surface area contributed by atoms with Gasteiger partial charge in [-0.2, -0.15) is 11.8 Å². The summed E-state index contributed by atoms with van der Waals surface area (Å²) in [5.74, 6) is -0.308. The Morgan fingerprint density at radius 2 is 2.27 bits per heavy atom. The minimum atomic E-state index is -0.964. The average Bonchev–Trinajstić information content (AvgIpc) is 2.62. The Balaban J connectivity index is 0.000000265. The topological polar surface area (TPSA) is 48.9 Å². The fourth-order valence-electron chi connectivity index (χ4n) is 0.874. The molecule has 0 amide bonds. The SMILES string of the molecule is CCn1cc[n+](C)c1.CSCCC(=O)[O-]. The lowest BCUT2D eigenvalue weighted by molar-refractivity contribution is -0.671. The number of aromatic nitrogens is 2. The Bertz CT molecular complexity index is 287. The Hall–Kier alpha value is -0.970. The first-order valence-electron chi connectivity index (χ1n) is 4.80. The maximum absolute atomic E-state index is 9.63. The highest BCUT2D eigenvalue weighted by molar-refractivity contribution is 7.98. The van der Waals surface area contributed by atoms with Gasteiger partial charge in [0.2, 0.25) is 6.33 Å². The van der Waals surface area contributed by atoms with Gasteiger partial charge in [-0.1, -0.05) is 0 Å². The molecule has 0 bridgehead atoms. The molecule has 0 saturated heterocycles. The third-order valence-corrected chi connectivity index (χ3v) is 2.31. The maximum Gasteiger partial charge on any atom is 0.243 e. The number of carboxylic acids is 1. The highest BCUT2D eigenvalue weighted by Crippen LogP contribution is 1.92. The van der Waals surface area contributed by atoms with Gasteiger partial charge in [-0.15, -0.1) is 0 Å². The first kappa shape index (κ1) is 14.0. The van der Waals surface area contributed by atoms with Gasteiger partial charge >= 0.3 is 0 Å². The number of hydrogen-bond donors (Lipinski definition) is 0. The maximum atomic E-state index is 9.63.